The number of anilines is 1. The van der Waals surface area contributed by atoms with Gasteiger partial charge in [-0.1, -0.05) is 6.07 Å². The molecule has 4 nitrogen and oxygen atoms in total. The van der Waals surface area contributed by atoms with Gasteiger partial charge in [-0.3, -0.25) is 4.79 Å². The third kappa shape index (κ3) is 1.24. The molecule has 4 heteroatoms. The van der Waals surface area contributed by atoms with Crippen LogP contribution in [0, 0.1) is 11.3 Å². The van der Waals surface area contributed by atoms with Gasteiger partial charge in [-0.2, -0.15) is 5.26 Å². The summed E-state index contributed by atoms with van der Waals surface area (Å²) < 4.78 is 0. The molecule has 2 N–H and O–H groups in total. The molecular formula is C10H9N3O. The van der Waals surface area contributed by atoms with Gasteiger partial charge in [0.2, 0.25) is 5.91 Å². The smallest absolute Gasteiger partial charge is 0.245 e. The zero-order valence-corrected chi connectivity index (χ0v) is 7.47. The molecular weight excluding hydrogens is 178 g/mol. The lowest BCUT2D eigenvalue weighted by atomic mass is 10.1. The molecule has 0 saturated carbocycles. The van der Waals surface area contributed by atoms with Crippen molar-refractivity contribution in [2.45, 2.75) is 6.04 Å². The molecule has 2 rings (SSSR count). The number of carbonyl (C=O) groups is 1. The van der Waals surface area contributed by atoms with Crippen LogP contribution in [0.5, 0.6) is 0 Å². The van der Waals surface area contributed by atoms with Crippen LogP contribution in [0.4, 0.5) is 5.69 Å². The van der Waals surface area contributed by atoms with Gasteiger partial charge in [-0.25, -0.2) is 0 Å². The molecule has 0 spiro atoms. The third-order valence-electron chi connectivity index (χ3n) is 2.25. The van der Waals surface area contributed by atoms with E-state index < -0.39 is 0 Å². The Balaban J connectivity index is 2.26. The summed E-state index contributed by atoms with van der Waals surface area (Å²) in [4.78, 5) is 12.9. The maximum Gasteiger partial charge on any atom is 0.245 e. The van der Waals surface area contributed by atoms with Crippen LogP contribution in [-0.4, -0.2) is 18.5 Å². The van der Waals surface area contributed by atoms with E-state index in [1.165, 1.54) is 0 Å². The SMILES string of the molecule is N#Cc1cccc(N2CC(N)C2=O)c1. The number of hydrogen-bond acceptors (Lipinski definition) is 3. The molecule has 1 saturated heterocycles. The normalized spacial score (nSPS) is 20.1. The molecule has 1 aromatic rings. The van der Waals surface area contributed by atoms with E-state index in [9.17, 15) is 4.79 Å². The Bertz CT molecular complexity index is 422. The molecule has 0 bridgehead atoms. The lowest BCUT2D eigenvalue weighted by Gasteiger charge is -2.36. The molecule has 1 unspecified atom stereocenters. The van der Waals surface area contributed by atoms with E-state index in [-0.39, 0.29) is 11.9 Å². The van der Waals surface area contributed by atoms with Crippen LogP contribution in [-0.2, 0) is 4.79 Å². The van der Waals surface area contributed by atoms with Gasteiger partial charge in [0, 0.05) is 5.69 Å². The predicted molar refractivity (Wildman–Crippen MR) is 51.5 cm³/mol. The van der Waals surface area contributed by atoms with Crippen LogP contribution in [0.1, 0.15) is 5.56 Å². The first-order valence-corrected chi connectivity index (χ1v) is 4.29. The van der Waals surface area contributed by atoms with E-state index in [1.807, 2.05) is 6.07 Å². The van der Waals surface area contributed by atoms with Crippen LogP contribution in [0.15, 0.2) is 24.3 Å². The van der Waals surface area contributed by atoms with Crippen molar-refractivity contribution in [3.8, 4) is 6.07 Å². The molecule has 1 amide bonds. The minimum Gasteiger partial charge on any atom is -0.318 e. The van der Waals surface area contributed by atoms with E-state index >= 15 is 0 Å². The topological polar surface area (TPSA) is 70.1 Å². The number of β-lactam (4-membered cyclic amide) rings is 1. The van der Waals surface area contributed by atoms with Gasteiger partial charge in [0.1, 0.15) is 6.04 Å². The first-order valence-electron chi connectivity index (χ1n) is 4.29. The summed E-state index contributed by atoms with van der Waals surface area (Å²) in [6.45, 7) is 0.535. The molecule has 70 valence electrons. The molecule has 1 aromatic carbocycles. The van der Waals surface area contributed by atoms with Gasteiger partial charge in [0.05, 0.1) is 18.2 Å². The minimum absolute atomic E-state index is 0.0833. The van der Waals surface area contributed by atoms with Crippen LogP contribution < -0.4 is 10.6 Å². The fourth-order valence-corrected chi connectivity index (χ4v) is 1.43. The molecule has 0 radical (unpaired) electrons. The summed E-state index contributed by atoms with van der Waals surface area (Å²) in [7, 11) is 0. The van der Waals surface area contributed by atoms with E-state index in [4.69, 9.17) is 11.0 Å². The van der Waals surface area contributed by atoms with E-state index in [1.54, 1.807) is 29.2 Å². The van der Waals surface area contributed by atoms with Gasteiger partial charge < -0.3 is 10.6 Å². The van der Waals surface area contributed by atoms with E-state index in [2.05, 4.69) is 0 Å². The quantitative estimate of drug-likeness (QED) is 0.640. The average Bonchev–Trinajstić information content (AvgIpc) is 2.25. The fourth-order valence-electron chi connectivity index (χ4n) is 1.43. The largest absolute Gasteiger partial charge is 0.318 e. The second-order valence-electron chi connectivity index (χ2n) is 3.22. The number of hydrogen-bond donors (Lipinski definition) is 1. The number of nitriles is 1. The highest BCUT2D eigenvalue weighted by atomic mass is 16.2. The Morgan fingerprint density at radius 3 is 2.93 bits per heavy atom. The third-order valence-corrected chi connectivity index (χ3v) is 2.25. The van der Waals surface area contributed by atoms with Crippen molar-refractivity contribution < 1.29 is 4.79 Å². The number of amides is 1. The van der Waals surface area contributed by atoms with Crippen LogP contribution in [0.3, 0.4) is 0 Å². The van der Waals surface area contributed by atoms with Crippen molar-refractivity contribution in [2.24, 2.45) is 5.73 Å². The van der Waals surface area contributed by atoms with Gasteiger partial charge in [-0.05, 0) is 18.2 Å². The number of rotatable bonds is 1. The molecule has 1 fully saturated rings. The Kier molecular flexibility index (Phi) is 1.95. The summed E-state index contributed by atoms with van der Waals surface area (Å²) in [5.41, 5.74) is 6.76. The molecule has 0 aromatic heterocycles. The monoisotopic (exact) mass is 187 g/mol. The van der Waals surface area contributed by atoms with Crippen molar-refractivity contribution in [3.05, 3.63) is 29.8 Å². The summed E-state index contributed by atoms with van der Waals surface area (Å²) in [5, 5.41) is 8.67. The van der Waals surface area contributed by atoms with Crippen LogP contribution >= 0.6 is 0 Å². The molecule has 1 atom stereocenters. The summed E-state index contributed by atoms with van der Waals surface area (Å²) >= 11 is 0. The van der Waals surface area contributed by atoms with Crippen molar-refractivity contribution in [1.82, 2.24) is 0 Å². The maximum absolute atomic E-state index is 11.3. The summed E-state index contributed by atoms with van der Waals surface area (Å²) in [6, 6.07) is 8.59. The minimum atomic E-state index is -0.374. The standard InChI is InChI=1S/C10H9N3O/c11-5-7-2-1-3-8(4-7)13-6-9(12)10(13)14/h1-4,9H,6,12H2. The van der Waals surface area contributed by atoms with Gasteiger partial charge >= 0.3 is 0 Å². The first kappa shape index (κ1) is 8.73. The van der Waals surface area contributed by atoms with Gasteiger partial charge in [-0.15, -0.1) is 0 Å². The highest BCUT2D eigenvalue weighted by molar-refractivity contribution is 6.03. The second kappa shape index (κ2) is 3.13. The second-order valence-corrected chi connectivity index (χ2v) is 3.22. The van der Waals surface area contributed by atoms with Crippen molar-refractivity contribution in [2.75, 3.05) is 11.4 Å². The average molecular weight is 187 g/mol. The molecule has 1 aliphatic heterocycles. The summed E-state index contributed by atoms with van der Waals surface area (Å²) in [5.74, 6) is -0.0833. The number of nitrogens with zero attached hydrogens (tertiary/aromatic N) is 2. The van der Waals surface area contributed by atoms with Crippen LogP contribution in [0.25, 0.3) is 0 Å². The highest BCUT2D eigenvalue weighted by Gasteiger charge is 2.34. The number of benzene rings is 1. The Hall–Kier alpha value is -1.86. The van der Waals surface area contributed by atoms with Gasteiger partial charge in [0.25, 0.3) is 0 Å². The van der Waals surface area contributed by atoms with Crippen molar-refractivity contribution >= 4 is 11.6 Å². The molecule has 1 heterocycles. The Morgan fingerprint density at radius 1 is 1.57 bits per heavy atom. The van der Waals surface area contributed by atoms with E-state index in [0.29, 0.717) is 12.1 Å². The summed E-state index contributed by atoms with van der Waals surface area (Å²) in [6.07, 6.45) is 0. The zero-order chi connectivity index (χ0) is 10.1. The Morgan fingerprint density at radius 2 is 2.36 bits per heavy atom. The van der Waals surface area contributed by atoms with Gasteiger partial charge in [0.15, 0.2) is 0 Å². The lowest BCUT2D eigenvalue weighted by molar-refractivity contribution is -0.123. The van der Waals surface area contributed by atoms with Crippen LogP contribution in [0.2, 0.25) is 0 Å². The fraction of sp³-hybridized carbons (Fsp3) is 0.200. The maximum atomic E-state index is 11.3. The lowest BCUT2D eigenvalue weighted by Crippen LogP contribution is -2.61. The first-order chi connectivity index (χ1) is 6.72. The molecule has 14 heavy (non-hydrogen) atoms. The van der Waals surface area contributed by atoms with Crippen molar-refractivity contribution in [3.63, 3.8) is 0 Å². The highest BCUT2D eigenvalue weighted by Crippen LogP contribution is 2.21. The van der Waals surface area contributed by atoms with E-state index in [0.717, 1.165) is 5.69 Å². The van der Waals surface area contributed by atoms with Crippen molar-refractivity contribution in [1.29, 1.82) is 5.26 Å². The Labute approximate surface area is 81.5 Å². The predicted octanol–water partition coefficient (Wildman–Crippen LogP) is 0.232. The zero-order valence-electron chi connectivity index (χ0n) is 7.47. The molecule has 1 aliphatic rings. The molecule has 0 aliphatic carbocycles. The number of carbonyl (C=O) groups excluding carboxylic acids is 1. The number of nitrogens with two attached hydrogens (primary N) is 1.